The summed E-state index contributed by atoms with van der Waals surface area (Å²) in [5.41, 5.74) is 3.07. The Labute approximate surface area is 130 Å². The summed E-state index contributed by atoms with van der Waals surface area (Å²) in [6, 6.07) is 9.66. The van der Waals surface area contributed by atoms with Gasteiger partial charge >= 0.3 is 0 Å². The number of halogens is 1. The van der Waals surface area contributed by atoms with E-state index < -0.39 is 0 Å². The zero-order chi connectivity index (χ0) is 15.4. The summed E-state index contributed by atoms with van der Waals surface area (Å²) in [4.78, 5) is 0. The molecular formula is C17H20ClNO2. The molecule has 0 heterocycles. The zero-order valence-electron chi connectivity index (χ0n) is 12.8. The summed E-state index contributed by atoms with van der Waals surface area (Å²) >= 11 is 6.23. The fourth-order valence-electron chi connectivity index (χ4n) is 2.19. The van der Waals surface area contributed by atoms with Gasteiger partial charge in [0.05, 0.1) is 7.11 Å². The molecule has 1 N–H and O–H groups in total. The Bertz CT molecular complexity index is 641. The molecule has 0 bridgehead atoms. The van der Waals surface area contributed by atoms with Crippen molar-refractivity contribution in [3.05, 3.63) is 52.0 Å². The summed E-state index contributed by atoms with van der Waals surface area (Å²) in [5.74, 6) is 2.34. The van der Waals surface area contributed by atoms with Crippen molar-refractivity contribution in [1.29, 1.82) is 0 Å². The molecule has 0 aromatic heterocycles. The molecule has 2 rings (SSSR count). The average molecular weight is 306 g/mol. The molecule has 0 saturated carbocycles. The Morgan fingerprint density at radius 1 is 1.10 bits per heavy atom. The van der Waals surface area contributed by atoms with Crippen molar-refractivity contribution in [1.82, 2.24) is 5.32 Å². The summed E-state index contributed by atoms with van der Waals surface area (Å²) in [5, 5.41) is 3.85. The summed E-state index contributed by atoms with van der Waals surface area (Å²) < 4.78 is 11.4. The maximum absolute atomic E-state index is 6.23. The lowest BCUT2D eigenvalue weighted by Gasteiger charge is -2.16. The zero-order valence-corrected chi connectivity index (χ0v) is 13.5. The minimum Gasteiger partial charge on any atom is -0.496 e. The van der Waals surface area contributed by atoms with E-state index >= 15 is 0 Å². The van der Waals surface area contributed by atoms with Gasteiger partial charge in [0.15, 0.2) is 0 Å². The predicted octanol–water partition coefficient (Wildman–Crippen LogP) is 4.48. The molecule has 0 aliphatic rings. The minimum absolute atomic E-state index is 0.699. The molecule has 21 heavy (non-hydrogen) atoms. The molecule has 2 aromatic carbocycles. The van der Waals surface area contributed by atoms with Gasteiger partial charge in [-0.1, -0.05) is 17.7 Å². The van der Waals surface area contributed by atoms with Crippen molar-refractivity contribution in [3.8, 4) is 17.2 Å². The highest BCUT2D eigenvalue weighted by Crippen LogP contribution is 2.34. The Morgan fingerprint density at radius 3 is 2.48 bits per heavy atom. The Kier molecular flexibility index (Phi) is 5.10. The van der Waals surface area contributed by atoms with Gasteiger partial charge in [-0.15, -0.1) is 0 Å². The molecule has 112 valence electrons. The molecule has 2 aromatic rings. The van der Waals surface area contributed by atoms with E-state index in [-0.39, 0.29) is 0 Å². The van der Waals surface area contributed by atoms with Crippen LogP contribution in [-0.4, -0.2) is 14.2 Å². The highest BCUT2D eigenvalue weighted by atomic mass is 35.5. The third-order valence-corrected chi connectivity index (χ3v) is 3.79. The predicted molar refractivity (Wildman–Crippen MR) is 86.8 cm³/mol. The van der Waals surface area contributed by atoms with Crippen LogP contribution in [0, 0.1) is 13.8 Å². The van der Waals surface area contributed by atoms with Crippen LogP contribution in [0.4, 0.5) is 0 Å². The first-order chi connectivity index (χ1) is 10.1. The van der Waals surface area contributed by atoms with Gasteiger partial charge < -0.3 is 14.8 Å². The maximum atomic E-state index is 6.23. The summed E-state index contributed by atoms with van der Waals surface area (Å²) in [6.07, 6.45) is 0. The minimum atomic E-state index is 0.699. The summed E-state index contributed by atoms with van der Waals surface area (Å²) in [6.45, 7) is 4.68. The van der Waals surface area contributed by atoms with E-state index in [0.717, 1.165) is 40.5 Å². The number of rotatable bonds is 5. The Balaban J connectivity index is 2.41. The Morgan fingerprint density at radius 2 is 1.81 bits per heavy atom. The van der Waals surface area contributed by atoms with Crippen LogP contribution in [0.5, 0.6) is 17.2 Å². The fraction of sp³-hybridized carbons (Fsp3) is 0.294. The third-order valence-electron chi connectivity index (χ3n) is 3.38. The molecular weight excluding hydrogens is 286 g/mol. The summed E-state index contributed by atoms with van der Waals surface area (Å²) in [7, 11) is 3.56. The number of methoxy groups -OCH3 is 1. The number of hydrogen-bond donors (Lipinski definition) is 1. The largest absolute Gasteiger partial charge is 0.496 e. The number of aryl methyl sites for hydroxylation is 1. The van der Waals surface area contributed by atoms with Crippen LogP contribution in [0.3, 0.4) is 0 Å². The molecule has 3 nitrogen and oxygen atoms in total. The second kappa shape index (κ2) is 6.83. The highest BCUT2D eigenvalue weighted by Gasteiger charge is 2.11. The quantitative estimate of drug-likeness (QED) is 0.883. The van der Waals surface area contributed by atoms with Crippen LogP contribution >= 0.6 is 11.6 Å². The lowest BCUT2D eigenvalue weighted by molar-refractivity contribution is 0.404. The first-order valence-electron chi connectivity index (χ1n) is 6.82. The third kappa shape index (κ3) is 3.49. The van der Waals surface area contributed by atoms with Gasteiger partial charge in [-0.05, 0) is 50.7 Å². The van der Waals surface area contributed by atoms with Gasteiger partial charge in [0.25, 0.3) is 0 Å². The van der Waals surface area contributed by atoms with Crippen molar-refractivity contribution in [2.75, 3.05) is 14.2 Å². The van der Waals surface area contributed by atoms with E-state index in [0.29, 0.717) is 5.02 Å². The molecule has 0 atom stereocenters. The number of ether oxygens (including phenoxy) is 2. The topological polar surface area (TPSA) is 30.5 Å². The highest BCUT2D eigenvalue weighted by molar-refractivity contribution is 6.31. The fourth-order valence-corrected chi connectivity index (χ4v) is 2.34. The van der Waals surface area contributed by atoms with Gasteiger partial charge in [0.2, 0.25) is 0 Å². The van der Waals surface area contributed by atoms with Gasteiger partial charge in [0, 0.05) is 22.7 Å². The van der Waals surface area contributed by atoms with Gasteiger partial charge in [-0.25, -0.2) is 0 Å². The molecule has 0 radical (unpaired) electrons. The van der Waals surface area contributed by atoms with Gasteiger partial charge in [0.1, 0.15) is 17.2 Å². The van der Waals surface area contributed by atoms with Crippen LogP contribution in [0.2, 0.25) is 5.02 Å². The van der Waals surface area contributed by atoms with Gasteiger partial charge in [-0.2, -0.15) is 0 Å². The van der Waals surface area contributed by atoms with Crippen molar-refractivity contribution in [2.45, 2.75) is 20.4 Å². The van der Waals surface area contributed by atoms with Crippen molar-refractivity contribution in [3.63, 3.8) is 0 Å². The first kappa shape index (κ1) is 15.7. The molecule has 0 spiro atoms. The Hall–Kier alpha value is -1.71. The molecule has 0 unspecified atom stereocenters. The van der Waals surface area contributed by atoms with Crippen LogP contribution in [0.1, 0.15) is 16.7 Å². The van der Waals surface area contributed by atoms with Crippen molar-refractivity contribution in [2.24, 2.45) is 0 Å². The monoisotopic (exact) mass is 305 g/mol. The maximum Gasteiger partial charge on any atom is 0.134 e. The van der Waals surface area contributed by atoms with Crippen LogP contribution in [0.25, 0.3) is 0 Å². The second-order valence-corrected chi connectivity index (χ2v) is 5.33. The number of benzene rings is 2. The van der Waals surface area contributed by atoms with E-state index in [4.69, 9.17) is 21.1 Å². The van der Waals surface area contributed by atoms with E-state index in [9.17, 15) is 0 Å². The van der Waals surface area contributed by atoms with Crippen molar-refractivity contribution < 1.29 is 9.47 Å². The van der Waals surface area contributed by atoms with E-state index in [1.807, 2.05) is 51.2 Å². The number of hydrogen-bond acceptors (Lipinski definition) is 3. The lowest BCUT2D eigenvalue weighted by atomic mass is 10.1. The first-order valence-corrected chi connectivity index (χ1v) is 7.19. The van der Waals surface area contributed by atoms with Crippen LogP contribution in [0.15, 0.2) is 30.3 Å². The van der Waals surface area contributed by atoms with E-state index in [1.165, 1.54) is 0 Å². The molecule has 0 fully saturated rings. The van der Waals surface area contributed by atoms with Gasteiger partial charge in [-0.3, -0.25) is 0 Å². The molecule has 0 amide bonds. The SMILES string of the molecule is CNCc1cc(C)c(Cl)cc1Oc1cccc(OC)c1C. The molecule has 0 aliphatic heterocycles. The molecule has 0 saturated heterocycles. The standard InChI is InChI=1S/C17H20ClNO2/c1-11-8-13(10-19-3)17(9-14(11)18)21-16-7-5-6-15(20-4)12(16)2/h5-9,19H,10H2,1-4H3. The number of nitrogens with one attached hydrogen (secondary N) is 1. The average Bonchev–Trinajstić information content (AvgIpc) is 2.46. The van der Waals surface area contributed by atoms with Crippen molar-refractivity contribution >= 4 is 11.6 Å². The van der Waals surface area contributed by atoms with E-state index in [2.05, 4.69) is 5.32 Å². The normalized spacial score (nSPS) is 10.5. The molecule has 4 heteroatoms. The van der Waals surface area contributed by atoms with E-state index in [1.54, 1.807) is 7.11 Å². The second-order valence-electron chi connectivity index (χ2n) is 4.92. The molecule has 0 aliphatic carbocycles. The smallest absolute Gasteiger partial charge is 0.134 e. The van der Waals surface area contributed by atoms with Crippen LogP contribution in [-0.2, 0) is 6.54 Å². The van der Waals surface area contributed by atoms with Crippen LogP contribution < -0.4 is 14.8 Å². The lowest BCUT2D eigenvalue weighted by Crippen LogP contribution is -2.07.